The maximum Gasteiger partial charge on any atom is 1.00 e. The first kappa shape index (κ1) is 6.92. The molecule has 0 aliphatic heterocycles. The Morgan fingerprint density at radius 3 is 2.43 bits per heavy atom. The number of hydrogen-bond donors (Lipinski definition) is 2. The van der Waals surface area contributed by atoms with Crippen LogP contribution in [0.1, 0.15) is 21.2 Å². The Kier molecular flexibility index (Phi) is 4.04. The van der Waals surface area contributed by atoms with Gasteiger partial charge in [0, 0.05) is 6.61 Å². The van der Waals surface area contributed by atoms with Crippen molar-refractivity contribution in [2.45, 2.75) is 25.9 Å². The second kappa shape index (κ2) is 4.09. The van der Waals surface area contributed by atoms with E-state index in [2.05, 4.69) is 0 Å². The Morgan fingerprint density at radius 1 is 1.71 bits per heavy atom. The summed E-state index contributed by atoms with van der Waals surface area (Å²) < 4.78 is 0. The zero-order valence-corrected chi connectivity index (χ0v) is 4.59. The van der Waals surface area contributed by atoms with Crippen molar-refractivity contribution in [2.24, 2.45) is 0 Å². The third-order valence-electron chi connectivity index (χ3n) is 0.780. The monoisotopic (exact) mass is 105 g/mol. The molecular weight excluding hydrogens is 92.1 g/mol. The van der Waals surface area contributed by atoms with E-state index in [1.807, 2.05) is 0 Å². The minimum atomic E-state index is -0.257. The topological polar surface area (TPSA) is 40.5 Å². The largest absolute Gasteiger partial charge is 1.00 e. The van der Waals surface area contributed by atoms with Gasteiger partial charge in [0.15, 0.2) is 0 Å². The van der Waals surface area contributed by atoms with E-state index in [1.165, 1.54) is 0 Å². The normalized spacial score (nSPS) is 14.1. The summed E-state index contributed by atoms with van der Waals surface area (Å²) in [6.07, 6.45) is 1.15. The SMILES string of the molecule is CC(O)CCCO.[H+]. The molecule has 0 aromatic heterocycles. The van der Waals surface area contributed by atoms with Gasteiger partial charge in [-0.3, -0.25) is 0 Å². The Balaban J connectivity index is 0. The molecule has 2 nitrogen and oxygen atoms in total. The van der Waals surface area contributed by atoms with Gasteiger partial charge in [0.2, 0.25) is 0 Å². The van der Waals surface area contributed by atoms with Gasteiger partial charge in [-0.15, -0.1) is 0 Å². The highest BCUT2D eigenvalue weighted by atomic mass is 16.3. The molecule has 7 heavy (non-hydrogen) atoms. The summed E-state index contributed by atoms with van der Waals surface area (Å²) in [7, 11) is 0. The first-order valence-electron chi connectivity index (χ1n) is 2.56. The summed E-state index contributed by atoms with van der Waals surface area (Å²) >= 11 is 0. The molecule has 1 unspecified atom stereocenters. The van der Waals surface area contributed by atoms with Crippen molar-refractivity contribution in [2.75, 3.05) is 6.61 Å². The number of rotatable bonds is 3. The lowest BCUT2D eigenvalue weighted by atomic mass is 10.2. The molecule has 0 aromatic rings. The standard InChI is InChI=1S/C5H12O2/c1-5(7)3-2-4-6/h5-7H,2-4H2,1H3/p+1. The summed E-state index contributed by atoms with van der Waals surface area (Å²) in [6.45, 7) is 1.90. The molecule has 0 radical (unpaired) electrons. The maximum absolute atomic E-state index is 8.57. The van der Waals surface area contributed by atoms with Crippen LogP contribution < -0.4 is 0 Å². The van der Waals surface area contributed by atoms with Gasteiger partial charge in [-0.2, -0.15) is 0 Å². The Morgan fingerprint density at radius 2 is 2.29 bits per heavy atom. The lowest BCUT2D eigenvalue weighted by Gasteiger charge is -1.98. The molecule has 2 N–H and O–H groups in total. The van der Waals surface area contributed by atoms with E-state index in [4.69, 9.17) is 10.2 Å². The van der Waals surface area contributed by atoms with Gasteiger partial charge in [-0.05, 0) is 19.8 Å². The predicted octanol–water partition coefficient (Wildman–Crippen LogP) is 0.252. The summed E-state index contributed by atoms with van der Waals surface area (Å²) in [5.74, 6) is 0. The highest BCUT2D eigenvalue weighted by Crippen LogP contribution is 1.92. The lowest BCUT2D eigenvalue weighted by Crippen LogP contribution is -1.99. The second-order valence-corrected chi connectivity index (χ2v) is 1.71. The highest BCUT2D eigenvalue weighted by molar-refractivity contribution is 4.43. The van der Waals surface area contributed by atoms with Crippen molar-refractivity contribution in [1.82, 2.24) is 0 Å². The minimum Gasteiger partial charge on any atom is -0.396 e. The molecule has 0 spiro atoms. The molecule has 0 saturated heterocycles. The van der Waals surface area contributed by atoms with Crippen LogP contribution in [-0.4, -0.2) is 22.9 Å². The van der Waals surface area contributed by atoms with Crippen LogP contribution >= 0.6 is 0 Å². The van der Waals surface area contributed by atoms with Crippen molar-refractivity contribution < 1.29 is 11.6 Å². The average Bonchev–Trinajstić information content (AvgIpc) is 1.61. The molecule has 2 heteroatoms. The highest BCUT2D eigenvalue weighted by Gasteiger charge is 1.90. The van der Waals surface area contributed by atoms with Gasteiger partial charge in [-0.1, -0.05) is 0 Å². The molecule has 1 atom stereocenters. The predicted molar refractivity (Wildman–Crippen MR) is 29.1 cm³/mol. The zero-order valence-electron chi connectivity index (χ0n) is 5.59. The van der Waals surface area contributed by atoms with Crippen molar-refractivity contribution >= 4 is 0 Å². The van der Waals surface area contributed by atoms with E-state index in [1.54, 1.807) is 6.92 Å². The second-order valence-electron chi connectivity index (χ2n) is 1.71. The van der Waals surface area contributed by atoms with E-state index < -0.39 is 0 Å². The van der Waals surface area contributed by atoms with Crippen LogP contribution in [0.5, 0.6) is 0 Å². The molecule has 0 heterocycles. The fraction of sp³-hybridized carbons (Fsp3) is 1.00. The minimum absolute atomic E-state index is 0. The molecule has 0 fully saturated rings. The quantitative estimate of drug-likeness (QED) is 0.540. The van der Waals surface area contributed by atoms with Crippen molar-refractivity contribution in [3.63, 3.8) is 0 Å². The molecule has 0 rings (SSSR count). The Hall–Kier alpha value is -0.0800. The fourth-order valence-corrected chi connectivity index (χ4v) is 0.387. The van der Waals surface area contributed by atoms with Crippen molar-refractivity contribution in [3.05, 3.63) is 0 Å². The molecule has 44 valence electrons. The van der Waals surface area contributed by atoms with Gasteiger partial charge in [0.25, 0.3) is 0 Å². The summed E-state index contributed by atoms with van der Waals surface area (Å²) in [5, 5.41) is 16.8. The van der Waals surface area contributed by atoms with Crippen LogP contribution in [0.15, 0.2) is 0 Å². The summed E-state index contributed by atoms with van der Waals surface area (Å²) in [4.78, 5) is 0. The van der Waals surface area contributed by atoms with E-state index in [9.17, 15) is 0 Å². The first-order chi connectivity index (χ1) is 3.27. The Bertz CT molecular complexity index is 39.4. The summed E-state index contributed by atoms with van der Waals surface area (Å²) in [5.41, 5.74) is 0. The van der Waals surface area contributed by atoms with Crippen LogP contribution in [0, 0.1) is 0 Å². The first-order valence-corrected chi connectivity index (χ1v) is 2.56. The van der Waals surface area contributed by atoms with Crippen LogP contribution in [0.4, 0.5) is 0 Å². The van der Waals surface area contributed by atoms with E-state index >= 15 is 0 Å². The van der Waals surface area contributed by atoms with Gasteiger partial charge >= 0.3 is 1.43 Å². The van der Waals surface area contributed by atoms with E-state index in [0.29, 0.717) is 12.8 Å². The van der Waals surface area contributed by atoms with Crippen LogP contribution in [0.2, 0.25) is 0 Å². The molecule has 0 aliphatic rings. The van der Waals surface area contributed by atoms with Crippen LogP contribution in [-0.2, 0) is 0 Å². The van der Waals surface area contributed by atoms with Crippen LogP contribution in [0.3, 0.4) is 0 Å². The van der Waals surface area contributed by atoms with Gasteiger partial charge < -0.3 is 10.2 Å². The maximum atomic E-state index is 8.57. The van der Waals surface area contributed by atoms with Crippen LogP contribution in [0.25, 0.3) is 0 Å². The molecule has 0 aromatic carbocycles. The fourth-order valence-electron chi connectivity index (χ4n) is 0.387. The van der Waals surface area contributed by atoms with Crippen molar-refractivity contribution in [3.8, 4) is 0 Å². The Labute approximate surface area is 45.3 Å². The van der Waals surface area contributed by atoms with E-state index in [-0.39, 0.29) is 14.1 Å². The zero-order chi connectivity index (χ0) is 5.70. The van der Waals surface area contributed by atoms with Crippen molar-refractivity contribution in [1.29, 1.82) is 0 Å². The molecular formula is C5H13O2+. The van der Waals surface area contributed by atoms with Gasteiger partial charge in [0.05, 0.1) is 6.10 Å². The number of aliphatic hydroxyl groups is 2. The molecule has 0 aliphatic carbocycles. The average molecular weight is 105 g/mol. The molecule has 0 amide bonds. The number of aliphatic hydroxyl groups excluding tert-OH is 2. The third kappa shape index (κ3) is 5.92. The molecule has 0 saturated carbocycles. The van der Waals surface area contributed by atoms with Gasteiger partial charge in [-0.25, -0.2) is 0 Å². The third-order valence-corrected chi connectivity index (χ3v) is 0.780. The number of hydrogen-bond acceptors (Lipinski definition) is 2. The van der Waals surface area contributed by atoms with Gasteiger partial charge in [0.1, 0.15) is 0 Å². The lowest BCUT2D eigenvalue weighted by molar-refractivity contribution is 0.167. The molecule has 0 bridgehead atoms. The smallest absolute Gasteiger partial charge is 0.396 e. The van der Waals surface area contributed by atoms with E-state index in [0.717, 1.165) is 0 Å². The summed E-state index contributed by atoms with van der Waals surface area (Å²) in [6, 6.07) is 0.